The van der Waals surface area contributed by atoms with Crippen LogP contribution in [0.2, 0.25) is 0 Å². The van der Waals surface area contributed by atoms with E-state index < -0.39 is 10.0 Å². The first-order valence-electron chi connectivity index (χ1n) is 4.09. The molecule has 0 N–H and O–H groups in total. The fraction of sp³-hybridized carbons (Fsp3) is 1.00. The highest BCUT2D eigenvalue weighted by Gasteiger charge is 2.27. The van der Waals surface area contributed by atoms with Crippen molar-refractivity contribution in [2.45, 2.75) is 32.4 Å². The molecule has 2 heteroatoms. The Hall–Kier alpha value is 0.310. The monoisotopic (exact) mass is 178 g/mol. The summed E-state index contributed by atoms with van der Waals surface area (Å²) in [4.78, 5) is 0. The van der Waals surface area contributed by atoms with Gasteiger partial charge < -0.3 is 4.74 Å². The largest absolute Gasteiger partial charge is 0.373 e. The van der Waals surface area contributed by atoms with Crippen molar-refractivity contribution in [3.8, 4) is 0 Å². The second kappa shape index (κ2) is 3.81. The summed E-state index contributed by atoms with van der Waals surface area (Å²) in [5.74, 6) is 0.938. The maximum Gasteiger partial charge on any atom is 0.0770 e. The molecule has 0 saturated heterocycles. The lowest BCUT2D eigenvalue weighted by molar-refractivity contribution is 0.196. The minimum Gasteiger partial charge on any atom is -0.373 e. The Morgan fingerprint density at radius 1 is 1.18 bits per heavy atom. The Bertz CT molecular complexity index is 113. The van der Waals surface area contributed by atoms with Crippen LogP contribution in [0.25, 0.3) is 0 Å². The molecule has 0 aliphatic rings. The molecule has 0 atom stereocenters. The predicted molar refractivity (Wildman–Crippen MR) is 55.7 cm³/mol. The first-order chi connectivity index (χ1) is 4.81. The van der Waals surface area contributed by atoms with E-state index in [1.54, 1.807) is 0 Å². The maximum absolute atomic E-state index is 5.46. The van der Waals surface area contributed by atoms with E-state index in [1.807, 2.05) is 0 Å². The summed E-state index contributed by atoms with van der Waals surface area (Å²) in [6, 6.07) is 0. The molecule has 70 valence electrons. The van der Waals surface area contributed by atoms with Gasteiger partial charge in [0.05, 0.1) is 5.94 Å². The minimum atomic E-state index is -0.582. The topological polar surface area (TPSA) is 9.23 Å². The molecule has 0 bridgehead atoms. The van der Waals surface area contributed by atoms with Gasteiger partial charge in [-0.1, -0.05) is 20.8 Å². The molecule has 0 unspecified atom stereocenters. The quantitative estimate of drug-likeness (QED) is 0.646. The van der Waals surface area contributed by atoms with E-state index in [0.29, 0.717) is 4.75 Å². The Labute approximate surface area is 72.8 Å². The second-order valence-electron chi connectivity index (χ2n) is 4.26. The smallest absolute Gasteiger partial charge is 0.0770 e. The Morgan fingerprint density at radius 3 is 1.91 bits per heavy atom. The average molecular weight is 178 g/mol. The standard InChI is InChI=1S/C9H22OS/c1-7-10-8-11(5,6)9(2,3)4/h7-8H2,1-6H3. The summed E-state index contributed by atoms with van der Waals surface area (Å²) in [5, 5.41) is 0. The van der Waals surface area contributed by atoms with Crippen molar-refractivity contribution >= 4 is 10.0 Å². The third-order valence-electron chi connectivity index (χ3n) is 2.24. The third-order valence-corrected chi connectivity index (χ3v) is 6.31. The van der Waals surface area contributed by atoms with E-state index in [0.717, 1.165) is 12.5 Å². The summed E-state index contributed by atoms with van der Waals surface area (Å²) in [6.07, 6.45) is 4.67. The Balaban J connectivity index is 4.00. The maximum atomic E-state index is 5.46. The molecule has 0 aromatic rings. The van der Waals surface area contributed by atoms with Crippen LogP contribution in [0.3, 0.4) is 0 Å². The molecular weight excluding hydrogens is 156 g/mol. The van der Waals surface area contributed by atoms with Gasteiger partial charge in [-0.3, -0.25) is 0 Å². The Morgan fingerprint density at radius 2 is 1.64 bits per heavy atom. The van der Waals surface area contributed by atoms with Crippen molar-refractivity contribution in [2.75, 3.05) is 25.1 Å². The van der Waals surface area contributed by atoms with Crippen LogP contribution in [-0.2, 0) is 4.74 Å². The summed E-state index contributed by atoms with van der Waals surface area (Å²) >= 11 is 0. The number of ether oxygens (including phenoxy) is 1. The minimum absolute atomic E-state index is 0.405. The van der Waals surface area contributed by atoms with Gasteiger partial charge >= 0.3 is 0 Å². The molecule has 0 saturated carbocycles. The zero-order valence-electron chi connectivity index (χ0n) is 8.73. The van der Waals surface area contributed by atoms with Gasteiger partial charge in [0.1, 0.15) is 0 Å². The lowest BCUT2D eigenvalue weighted by Crippen LogP contribution is -2.26. The number of hydrogen-bond donors (Lipinski definition) is 0. The highest BCUT2D eigenvalue weighted by atomic mass is 32.3. The van der Waals surface area contributed by atoms with Gasteiger partial charge in [-0.15, -0.1) is 0 Å². The van der Waals surface area contributed by atoms with Crippen molar-refractivity contribution in [1.82, 2.24) is 0 Å². The van der Waals surface area contributed by atoms with Crippen molar-refractivity contribution < 1.29 is 4.74 Å². The number of hydrogen-bond acceptors (Lipinski definition) is 1. The lowest BCUT2D eigenvalue weighted by atomic mass is 10.3. The van der Waals surface area contributed by atoms with Gasteiger partial charge in [-0.05, 0) is 24.2 Å². The van der Waals surface area contributed by atoms with Crippen molar-refractivity contribution in [2.24, 2.45) is 0 Å². The van der Waals surface area contributed by atoms with Gasteiger partial charge in [-0.25, -0.2) is 10.0 Å². The lowest BCUT2D eigenvalue weighted by Gasteiger charge is -2.44. The summed E-state index contributed by atoms with van der Waals surface area (Å²) in [5.41, 5.74) is 0. The van der Waals surface area contributed by atoms with E-state index in [9.17, 15) is 0 Å². The normalized spacial score (nSPS) is 15.1. The SMILES string of the molecule is CCOCS(C)(C)C(C)(C)C. The van der Waals surface area contributed by atoms with E-state index in [-0.39, 0.29) is 0 Å². The van der Waals surface area contributed by atoms with Gasteiger partial charge in [-0.2, -0.15) is 0 Å². The fourth-order valence-corrected chi connectivity index (χ4v) is 1.41. The molecule has 0 rings (SSSR count). The van der Waals surface area contributed by atoms with E-state index in [1.165, 1.54) is 0 Å². The van der Waals surface area contributed by atoms with E-state index >= 15 is 0 Å². The van der Waals surface area contributed by atoms with E-state index in [4.69, 9.17) is 4.74 Å². The summed E-state index contributed by atoms with van der Waals surface area (Å²) in [6.45, 7) is 9.77. The number of rotatable bonds is 3. The molecule has 0 heterocycles. The van der Waals surface area contributed by atoms with Crippen LogP contribution < -0.4 is 0 Å². The van der Waals surface area contributed by atoms with Gasteiger partial charge in [0, 0.05) is 6.61 Å². The second-order valence-corrected chi connectivity index (χ2v) is 8.80. The molecular formula is C9H22OS. The zero-order chi connectivity index (χ0) is 9.12. The first-order valence-corrected chi connectivity index (χ1v) is 6.71. The van der Waals surface area contributed by atoms with Gasteiger partial charge in [0.25, 0.3) is 0 Å². The highest BCUT2D eigenvalue weighted by Crippen LogP contribution is 2.52. The molecule has 0 spiro atoms. The molecule has 0 amide bonds. The van der Waals surface area contributed by atoms with Crippen LogP contribution in [0.4, 0.5) is 0 Å². The van der Waals surface area contributed by atoms with Gasteiger partial charge in [0.15, 0.2) is 0 Å². The average Bonchev–Trinajstić information content (AvgIpc) is 1.81. The van der Waals surface area contributed by atoms with Crippen molar-refractivity contribution in [3.05, 3.63) is 0 Å². The van der Waals surface area contributed by atoms with Crippen LogP contribution in [0, 0.1) is 0 Å². The highest BCUT2D eigenvalue weighted by molar-refractivity contribution is 8.33. The zero-order valence-corrected chi connectivity index (χ0v) is 9.55. The predicted octanol–water partition coefficient (Wildman–Crippen LogP) is 2.84. The Kier molecular flexibility index (Phi) is 3.92. The van der Waals surface area contributed by atoms with Crippen LogP contribution in [-0.4, -0.2) is 29.8 Å². The van der Waals surface area contributed by atoms with Crippen molar-refractivity contribution in [3.63, 3.8) is 0 Å². The van der Waals surface area contributed by atoms with Crippen molar-refractivity contribution in [1.29, 1.82) is 0 Å². The first kappa shape index (κ1) is 11.3. The molecule has 11 heavy (non-hydrogen) atoms. The fourth-order valence-electron chi connectivity index (χ4n) is 0.468. The van der Waals surface area contributed by atoms with Crippen LogP contribution in [0.5, 0.6) is 0 Å². The van der Waals surface area contributed by atoms with E-state index in [2.05, 4.69) is 40.2 Å². The molecule has 0 radical (unpaired) electrons. The molecule has 0 aliphatic carbocycles. The molecule has 0 aromatic heterocycles. The third kappa shape index (κ3) is 3.48. The molecule has 0 aromatic carbocycles. The van der Waals surface area contributed by atoms with Crippen LogP contribution in [0.1, 0.15) is 27.7 Å². The van der Waals surface area contributed by atoms with Gasteiger partial charge in [0.2, 0.25) is 0 Å². The molecule has 0 aliphatic heterocycles. The summed E-state index contributed by atoms with van der Waals surface area (Å²) in [7, 11) is -0.582. The summed E-state index contributed by atoms with van der Waals surface area (Å²) < 4.78 is 5.87. The van der Waals surface area contributed by atoms with Crippen LogP contribution in [0.15, 0.2) is 0 Å². The molecule has 0 fully saturated rings. The molecule has 1 nitrogen and oxygen atoms in total. The van der Waals surface area contributed by atoms with Crippen LogP contribution >= 0.6 is 10.0 Å².